The molecular formula is C7H13NS. The van der Waals surface area contributed by atoms with E-state index in [1.54, 1.807) is 0 Å². The smallest absolute Gasteiger partial charge is 0.0834 e. The van der Waals surface area contributed by atoms with Crippen LogP contribution in [0.1, 0.15) is 13.8 Å². The summed E-state index contributed by atoms with van der Waals surface area (Å²) in [6, 6.07) is 0. The Morgan fingerprint density at radius 1 is 1.67 bits per heavy atom. The van der Waals surface area contributed by atoms with E-state index < -0.39 is 0 Å². The lowest BCUT2D eigenvalue weighted by molar-refractivity contribution is 0.643. The maximum absolute atomic E-state index is 4.53. The van der Waals surface area contributed by atoms with Crippen molar-refractivity contribution >= 4 is 10.7 Å². The zero-order valence-electron chi connectivity index (χ0n) is 6.27. The summed E-state index contributed by atoms with van der Waals surface area (Å²) in [4.78, 5) is 0. The van der Waals surface area contributed by atoms with Crippen molar-refractivity contribution in [3.8, 4) is 0 Å². The van der Waals surface area contributed by atoms with Crippen molar-refractivity contribution in [3.63, 3.8) is 0 Å². The fourth-order valence-electron chi connectivity index (χ4n) is 0.915. The summed E-state index contributed by atoms with van der Waals surface area (Å²) in [5.74, 6) is 1.10. The fourth-order valence-corrected chi connectivity index (χ4v) is 2.75. The minimum atomic E-state index is 0.0673. The number of nitrogens with zero attached hydrogens (tertiary/aromatic N) is 1. The molecule has 1 nitrogen and oxygen atoms in total. The minimum Gasteiger partial charge on any atom is -0.254 e. The summed E-state index contributed by atoms with van der Waals surface area (Å²) in [6.45, 7) is 8.23. The Morgan fingerprint density at radius 2 is 2.22 bits per heavy atom. The highest BCUT2D eigenvalue weighted by Crippen LogP contribution is 2.26. The Balaban J connectivity index is 2.89. The lowest BCUT2D eigenvalue weighted by Crippen LogP contribution is -2.14. The quantitative estimate of drug-likeness (QED) is 0.458. The topological polar surface area (TPSA) is 12.4 Å². The standard InChI is InChI=1S/C7H13NS/c1-6-5-9(4)8-7(6,2)3/h1,5H2,2-4H3. The van der Waals surface area contributed by atoms with Gasteiger partial charge in [-0.1, -0.05) is 17.3 Å². The summed E-state index contributed by atoms with van der Waals surface area (Å²) in [5.41, 5.74) is 1.35. The first-order valence-electron chi connectivity index (χ1n) is 3.06. The van der Waals surface area contributed by atoms with Crippen LogP contribution in [0.15, 0.2) is 16.5 Å². The normalized spacial score (nSPS) is 32.3. The third-order valence-electron chi connectivity index (χ3n) is 1.63. The average molecular weight is 143 g/mol. The van der Waals surface area contributed by atoms with Crippen molar-refractivity contribution in [1.82, 2.24) is 0 Å². The van der Waals surface area contributed by atoms with E-state index in [0.717, 1.165) is 5.75 Å². The third kappa shape index (κ3) is 1.23. The molecule has 1 aliphatic heterocycles. The van der Waals surface area contributed by atoms with Crippen molar-refractivity contribution in [2.24, 2.45) is 4.36 Å². The zero-order chi connectivity index (χ0) is 7.07. The van der Waals surface area contributed by atoms with Crippen LogP contribution in [0.3, 0.4) is 0 Å². The Hall–Kier alpha value is -0.110. The molecular weight excluding hydrogens is 130 g/mol. The molecule has 0 bridgehead atoms. The van der Waals surface area contributed by atoms with Gasteiger partial charge in [-0.3, -0.25) is 4.36 Å². The Bertz CT molecular complexity index is 179. The Morgan fingerprint density at radius 3 is 2.33 bits per heavy atom. The molecule has 1 atom stereocenters. The van der Waals surface area contributed by atoms with Crippen LogP contribution in [0.25, 0.3) is 0 Å². The summed E-state index contributed by atoms with van der Waals surface area (Å²) >= 11 is 0. The molecule has 0 aliphatic carbocycles. The number of rotatable bonds is 0. The van der Waals surface area contributed by atoms with Crippen LogP contribution in [0.2, 0.25) is 0 Å². The summed E-state index contributed by atoms with van der Waals surface area (Å²) in [7, 11) is 0.253. The predicted octanol–water partition coefficient (Wildman–Crippen LogP) is 1.77. The van der Waals surface area contributed by atoms with Gasteiger partial charge in [0.15, 0.2) is 0 Å². The molecule has 0 saturated heterocycles. The highest BCUT2D eigenvalue weighted by atomic mass is 32.2. The van der Waals surface area contributed by atoms with E-state index in [1.165, 1.54) is 5.57 Å². The molecule has 0 amide bonds. The first kappa shape index (κ1) is 7.00. The molecule has 1 aliphatic rings. The van der Waals surface area contributed by atoms with Gasteiger partial charge in [0.25, 0.3) is 0 Å². The van der Waals surface area contributed by atoms with E-state index >= 15 is 0 Å². The van der Waals surface area contributed by atoms with Gasteiger partial charge in [-0.15, -0.1) is 0 Å². The fraction of sp³-hybridized carbons (Fsp3) is 0.714. The van der Waals surface area contributed by atoms with Gasteiger partial charge in [-0.25, -0.2) is 0 Å². The largest absolute Gasteiger partial charge is 0.254 e. The second kappa shape index (κ2) is 1.94. The maximum Gasteiger partial charge on any atom is 0.0834 e. The Kier molecular flexibility index (Phi) is 1.51. The predicted molar refractivity (Wildman–Crippen MR) is 43.8 cm³/mol. The molecule has 0 aromatic carbocycles. The van der Waals surface area contributed by atoms with Crippen LogP contribution in [0, 0.1) is 0 Å². The highest BCUT2D eigenvalue weighted by molar-refractivity contribution is 7.87. The summed E-state index contributed by atoms with van der Waals surface area (Å²) < 4.78 is 4.53. The van der Waals surface area contributed by atoms with E-state index in [1.807, 2.05) is 0 Å². The van der Waals surface area contributed by atoms with Crippen molar-refractivity contribution in [2.45, 2.75) is 19.4 Å². The van der Waals surface area contributed by atoms with Gasteiger partial charge in [0.05, 0.1) is 5.54 Å². The van der Waals surface area contributed by atoms with Crippen molar-refractivity contribution in [1.29, 1.82) is 0 Å². The molecule has 0 fully saturated rings. The van der Waals surface area contributed by atoms with Crippen molar-refractivity contribution < 1.29 is 0 Å². The first-order valence-corrected chi connectivity index (χ1v) is 4.82. The second-order valence-corrected chi connectivity index (χ2v) is 4.67. The van der Waals surface area contributed by atoms with Crippen LogP contribution in [0.5, 0.6) is 0 Å². The van der Waals surface area contributed by atoms with Crippen molar-refractivity contribution in [3.05, 3.63) is 12.2 Å². The lowest BCUT2D eigenvalue weighted by atomic mass is 9.99. The molecule has 1 rings (SSSR count). The molecule has 9 heavy (non-hydrogen) atoms. The third-order valence-corrected chi connectivity index (χ3v) is 3.17. The van der Waals surface area contributed by atoms with Gasteiger partial charge in [0.1, 0.15) is 0 Å². The number of hydrogen-bond donors (Lipinski definition) is 0. The van der Waals surface area contributed by atoms with Crippen LogP contribution in [-0.2, 0) is 10.7 Å². The molecule has 0 aromatic heterocycles. The SMILES string of the molecule is C=C1CS(C)=NC1(C)C. The zero-order valence-corrected chi connectivity index (χ0v) is 7.09. The number of hydrogen-bond acceptors (Lipinski definition) is 1. The molecule has 0 radical (unpaired) electrons. The lowest BCUT2D eigenvalue weighted by Gasteiger charge is -2.13. The van der Waals surface area contributed by atoms with E-state index in [4.69, 9.17) is 0 Å². The molecule has 1 heterocycles. The van der Waals surface area contributed by atoms with E-state index in [0.29, 0.717) is 0 Å². The minimum absolute atomic E-state index is 0.0673. The Labute approximate surface area is 59.3 Å². The van der Waals surface area contributed by atoms with Gasteiger partial charge < -0.3 is 0 Å². The van der Waals surface area contributed by atoms with E-state index in [9.17, 15) is 0 Å². The maximum atomic E-state index is 4.53. The summed E-state index contributed by atoms with van der Waals surface area (Å²) in [6.07, 6.45) is 2.17. The molecule has 1 unspecified atom stereocenters. The van der Waals surface area contributed by atoms with Crippen molar-refractivity contribution in [2.75, 3.05) is 12.0 Å². The van der Waals surface area contributed by atoms with Crippen LogP contribution < -0.4 is 0 Å². The summed E-state index contributed by atoms with van der Waals surface area (Å²) in [5, 5.41) is 0. The molecule has 0 aromatic rings. The van der Waals surface area contributed by atoms with Gasteiger partial charge in [0, 0.05) is 5.75 Å². The first-order chi connectivity index (χ1) is 4.02. The van der Waals surface area contributed by atoms with Crippen LogP contribution in [0.4, 0.5) is 0 Å². The highest BCUT2D eigenvalue weighted by Gasteiger charge is 2.25. The molecule has 52 valence electrons. The molecule has 0 saturated carbocycles. The van der Waals surface area contributed by atoms with E-state index in [-0.39, 0.29) is 16.2 Å². The molecule has 0 N–H and O–H groups in total. The average Bonchev–Trinajstić information content (AvgIpc) is 1.79. The van der Waals surface area contributed by atoms with Gasteiger partial charge >= 0.3 is 0 Å². The van der Waals surface area contributed by atoms with Gasteiger partial charge in [0.2, 0.25) is 0 Å². The molecule has 0 spiro atoms. The van der Waals surface area contributed by atoms with Gasteiger partial charge in [-0.2, -0.15) is 0 Å². The van der Waals surface area contributed by atoms with Crippen LogP contribution >= 0.6 is 0 Å². The monoisotopic (exact) mass is 143 g/mol. The second-order valence-electron chi connectivity index (χ2n) is 3.00. The molecule has 2 heteroatoms. The van der Waals surface area contributed by atoms with Crippen LogP contribution in [-0.4, -0.2) is 17.5 Å². The van der Waals surface area contributed by atoms with Gasteiger partial charge in [-0.05, 0) is 25.7 Å². The van der Waals surface area contributed by atoms with E-state index in [2.05, 4.69) is 31.0 Å².